The van der Waals surface area contributed by atoms with Crippen LogP contribution >= 0.6 is 11.6 Å². The van der Waals surface area contributed by atoms with Crippen molar-refractivity contribution in [2.24, 2.45) is 0 Å². The van der Waals surface area contributed by atoms with Crippen molar-refractivity contribution in [3.05, 3.63) is 94.0 Å². The summed E-state index contributed by atoms with van der Waals surface area (Å²) in [6.07, 6.45) is 0. The van der Waals surface area contributed by atoms with Crippen molar-refractivity contribution < 1.29 is 14.3 Å². The first kappa shape index (κ1) is 22.4. The smallest absolute Gasteiger partial charge is 0.263 e. The van der Waals surface area contributed by atoms with E-state index in [4.69, 9.17) is 16.3 Å². The molecule has 0 N–H and O–H groups in total. The summed E-state index contributed by atoms with van der Waals surface area (Å²) in [7, 11) is 1.68. The lowest BCUT2D eigenvalue weighted by molar-refractivity contribution is 0.0642. The Morgan fingerprint density at radius 3 is 2.26 bits per heavy atom. The topological polar surface area (TPSA) is 53.1 Å². The minimum Gasteiger partial charge on any atom is -0.497 e. The molecule has 0 unspecified atom stereocenters. The zero-order valence-corrected chi connectivity index (χ0v) is 19.8. The summed E-state index contributed by atoms with van der Waals surface area (Å²) in [6.45, 7) is 4.38. The highest BCUT2D eigenvalue weighted by atomic mass is 35.5. The van der Waals surface area contributed by atoms with Crippen LogP contribution in [0.3, 0.4) is 0 Å². The van der Waals surface area contributed by atoms with Gasteiger partial charge in [0.25, 0.3) is 11.8 Å². The molecule has 2 aliphatic heterocycles. The van der Waals surface area contributed by atoms with Crippen molar-refractivity contribution >= 4 is 29.1 Å². The van der Waals surface area contributed by atoms with Crippen LogP contribution in [0.5, 0.6) is 5.75 Å². The van der Waals surface area contributed by atoms with Crippen molar-refractivity contribution in [2.45, 2.75) is 13.1 Å². The second kappa shape index (κ2) is 9.49. The van der Waals surface area contributed by atoms with Gasteiger partial charge in [0.15, 0.2) is 0 Å². The highest BCUT2D eigenvalue weighted by Gasteiger charge is 2.38. The zero-order chi connectivity index (χ0) is 23.7. The highest BCUT2D eigenvalue weighted by molar-refractivity contribution is 6.30. The Morgan fingerprint density at radius 1 is 0.824 bits per heavy atom. The molecule has 1 fully saturated rings. The molecule has 34 heavy (non-hydrogen) atoms. The van der Waals surface area contributed by atoms with Crippen LogP contribution in [0.15, 0.2) is 66.7 Å². The van der Waals surface area contributed by atoms with E-state index in [-0.39, 0.29) is 18.4 Å². The maximum Gasteiger partial charge on any atom is 0.263 e. The number of rotatable bonds is 6. The summed E-state index contributed by atoms with van der Waals surface area (Å²) >= 11 is 6.09. The molecule has 0 aromatic heterocycles. The monoisotopic (exact) mass is 475 g/mol. The van der Waals surface area contributed by atoms with Gasteiger partial charge in [-0.3, -0.25) is 19.4 Å². The van der Waals surface area contributed by atoms with Gasteiger partial charge in [-0.25, -0.2) is 0 Å². The van der Waals surface area contributed by atoms with Gasteiger partial charge >= 0.3 is 0 Å². The van der Waals surface area contributed by atoms with Gasteiger partial charge in [-0.1, -0.05) is 41.9 Å². The maximum atomic E-state index is 13.3. The Kier molecular flexibility index (Phi) is 6.26. The number of benzene rings is 3. The van der Waals surface area contributed by atoms with Gasteiger partial charge in [-0.2, -0.15) is 0 Å². The Hall–Kier alpha value is -3.35. The lowest BCUT2D eigenvalue weighted by Crippen LogP contribution is -2.46. The molecule has 0 radical (unpaired) electrons. The molecule has 1 saturated heterocycles. The van der Waals surface area contributed by atoms with Crippen LogP contribution in [-0.4, -0.2) is 54.9 Å². The number of halogens is 1. The van der Waals surface area contributed by atoms with Crippen LogP contribution in [0.1, 0.15) is 31.8 Å². The van der Waals surface area contributed by atoms with E-state index < -0.39 is 0 Å². The molecule has 2 heterocycles. The summed E-state index contributed by atoms with van der Waals surface area (Å²) in [4.78, 5) is 32.4. The van der Waals surface area contributed by atoms with Crippen molar-refractivity contribution in [2.75, 3.05) is 38.2 Å². The van der Waals surface area contributed by atoms with E-state index in [1.54, 1.807) is 25.3 Å². The number of methoxy groups -OCH3 is 1. The summed E-state index contributed by atoms with van der Waals surface area (Å²) in [5.74, 6) is 0.370. The fraction of sp³-hybridized carbons (Fsp3) is 0.259. The summed E-state index contributed by atoms with van der Waals surface area (Å²) < 4.78 is 5.34. The number of carbonyl (C=O) groups is 2. The van der Waals surface area contributed by atoms with Gasteiger partial charge in [0.05, 0.1) is 30.5 Å². The Morgan fingerprint density at radius 2 is 1.53 bits per heavy atom. The molecular weight excluding hydrogens is 450 g/mol. The Balaban J connectivity index is 1.30. The van der Waals surface area contributed by atoms with Crippen molar-refractivity contribution in [3.63, 3.8) is 0 Å². The standard InChI is InChI=1S/C27H26ClN3O3/c1-34-22-8-3-6-20(16-22)17-29-11-13-30(14-12-29)24-10-4-9-23-25(24)27(33)31(26(23)32)18-19-5-2-7-21(28)15-19/h2-10,15-16H,11-14,17-18H2,1H3. The quantitative estimate of drug-likeness (QED) is 0.492. The van der Waals surface area contributed by atoms with Crippen LogP contribution in [0.4, 0.5) is 5.69 Å². The first-order chi connectivity index (χ1) is 16.5. The van der Waals surface area contributed by atoms with E-state index in [1.807, 2.05) is 36.4 Å². The van der Waals surface area contributed by atoms with E-state index in [0.29, 0.717) is 16.1 Å². The summed E-state index contributed by atoms with van der Waals surface area (Å²) in [5.41, 5.74) is 3.87. The van der Waals surface area contributed by atoms with Crippen molar-refractivity contribution in [1.29, 1.82) is 0 Å². The van der Waals surface area contributed by atoms with Crippen molar-refractivity contribution in [3.8, 4) is 5.75 Å². The molecule has 0 aliphatic carbocycles. The zero-order valence-electron chi connectivity index (χ0n) is 19.0. The normalized spacial score (nSPS) is 16.2. The van der Waals surface area contributed by atoms with E-state index >= 15 is 0 Å². The SMILES string of the molecule is COc1cccc(CN2CCN(c3cccc4c3C(=O)N(Cc3cccc(Cl)c3)C4=O)CC2)c1. The first-order valence-corrected chi connectivity index (χ1v) is 11.7. The van der Waals surface area contributed by atoms with Crippen LogP contribution in [-0.2, 0) is 13.1 Å². The molecule has 7 heteroatoms. The number of nitrogens with zero attached hydrogens (tertiary/aromatic N) is 3. The Bertz CT molecular complexity index is 1240. The van der Waals surface area contributed by atoms with Gasteiger partial charge < -0.3 is 9.64 Å². The predicted octanol–water partition coefficient (Wildman–Crippen LogP) is 4.47. The van der Waals surface area contributed by atoms with E-state index in [0.717, 1.165) is 49.7 Å². The third-order valence-corrected chi connectivity index (χ3v) is 6.70. The average molecular weight is 476 g/mol. The van der Waals surface area contributed by atoms with E-state index in [2.05, 4.69) is 21.9 Å². The highest BCUT2D eigenvalue weighted by Crippen LogP contribution is 2.33. The molecule has 5 rings (SSSR count). The number of carbonyl (C=O) groups excluding carboxylic acids is 2. The molecule has 0 bridgehead atoms. The number of anilines is 1. The summed E-state index contributed by atoms with van der Waals surface area (Å²) in [6, 6.07) is 21.0. The third-order valence-electron chi connectivity index (χ3n) is 6.46. The number of hydrogen-bond donors (Lipinski definition) is 0. The fourth-order valence-corrected chi connectivity index (χ4v) is 4.93. The predicted molar refractivity (Wildman–Crippen MR) is 133 cm³/mol. The minimum absolute atomic E-state index is 0.209. The third kappa shape index (κ3) is 4.39. The molecule has 3 aromatic rings. The number of imide groups is 1. The van der Waals surface area contributed by atoms with Crippen LogP contribution < -0.4 is 9.64 Å². The van der Waals surface area contributed by atoms with Gasteiger partial charge in [0, 0.05) is 37.7 Å². The van der Waals surface area contributed by atoms with E-state index in [1.165, 1.54) is 10.5 Å². The molecule has 2 amide bonds. The van der Waals surface area contributed by atoms with Crippen LogP contribution in [0.2, 0.25) is 5.02 Å². The summed E-state index contributed by atoms with van der Waals surface area (Å²) in [5, 5.41) is 0.585. The van der Waals surface area contributed by atoms with Gasteiger partial charge in [0.1, 0.15) is 5.75 Å². The van der Waals surface area contributed by atoms with Crippen LogP contribution in [0, 0.1) is 0 Å². The number of amides is 2. The Labute approximate surface area is 204 Å². The van der Waals surface area contributed by atoms with Crippen molar-refractivity contribution in [1.82, 2.24) is 9.80 Å². The number of fused-ring (bicyclic) bond motifs is 1. The minimum atomic E-state index is -0.251. The molecule has 174 valence electrons. The molecular formula is C27H26ClN3O3. The molecule has 6 nitrogen and oxygen atoms in total. The first-order valence-electron chi connectivity index (χ1n) is 11.4. The number of hydrogen-bond acceptors (Lipinski definition) is 5. The number of ether oxygens (including phenoxy) is 1. The molecule has 2 aliphatic rings. The van der Waals surface area contributed by atoms with E-state index in [9.17, 15) is 9.59 Å². The van der Waals surface area contributed by atoms with Gasteiger partial charge in [-0.05, 0) is 47.5 Å². The van der Waals surface area contributed by atoms with Crippen LogP contribution in [0.25, 0.3) is 0 Å². The molecule has 3 aromatic carbocycles. The second-order valence-corrected chi connectivity index (χ2v) is 9.08. The van der Waals surface area contributed by atoms with Gasteiger partial charge in [0.2, 0.25) is 0 Å². The fourth-order valence-electron chi connectivity index (χ4n) is 4.72. The lowest BCUT2D eigenvalue weighted by atomic mass is 10.1. The molecule has 0 atom stereocenters. The second-order valence-electron chi connectivity index (χ2n) is 8.64. The maximum absolute atomic E-state index is 13.3. The number of piperazine rings is 1. The van der Waals surface area contributed by atoms with Gasteiger partial charge in [-0.15, -0.1) is 0 Å². The molecule has 0 saturated carbocycles. The average Bonchev–Trinajstić information content (AvgIpc) is 3.10. The molecule has 0 spiro atoms. The lowest BCUT2D eigenvalue weighted by Gasteiger charge is -2.36. The largest absolute Gasteiger partial charge is 0.497 e.